The van der Waals surface area contributed by atoms with E-state index in [4.69, 9.17) is 4.74 Å². The zero-order chi connectivity index (χ0) is 20.2. The number of aliphatic imine (C=N–C) groups is 1. The molecule has 9 nitrogen and oxygen atoms in total. The number of rotatable bonds is 0. The van der Waals surface area contributed by atoms with E-state index in [9.17, 15) is 9.59 Å². The summed E-state index contributed by atoms with van der Waals surface area (Å²) in [4.78, 5) is 39.5. The van der Waals surface area contributed by atoms with Crippen molar-refractivity contribution in [3.8, 4) is 5.75 Å². The molecule has 1 aromatic heterocycles. The molecular formula is C20H22N6O3. The summed E-state index contributed by atoms with van der Waals surface area (Å²) in [5.41, 5.74) is 1.37. The summed E-state index contributed by atoms with van der Waals surface area (Å²) < 4.78 is 5.72. The first-order chi connectivity index (χ1) is 14.1. The Morgan fingerprint density at radius 1 is 1.24 bits per heavy atom. The van der Waals surface area contributed by atoms with Crippen LogP contribution < -0.4 is 20.3 Å². The Morgan fingerprint density at radius 3 is 3.03 bits per heavy atom. The molecule has 1 aromatic carbocycles. The highest BCUT2D eigenvalue weighted by molar-refractivity contribution is 6.13. The number of benzene rings is 1. The lowest BCUT2D eigenvalue weighted by Crippen LogP contribution is -2.34. The first kappa shape index (κ1) is 18.9. The van der Waals surface area contributed by atoms with Crippen molar-refractivity contribution in [2.24, 2.45) is 4.99 Å². The molecule has 0 saturated heterocycles. The van der Waals surface area contributed by atoms with Crippen LogP contribution in [0.2, 0.25) is 0 Å². The van der Waals surface area contributed by atoms with Gasteiger partial charge in [0.1, 0.15) is 29.6 Å². The van der Waals surface area contributed by atoms with Crippen LogP contribution in [-0.2, 0) is 9.59 Å². The fourth-order valence-electron chi connectivity index (χ4n) is 3.34. The number of ether oxygens (including phenoxy) is 1. The van der Waals surface area contributed by atoms with Crippen molar-refractivity contribution in [3.63, 3.8) is 0 Å². The third-order valence-corrected chi connectivity index (χ3v) is 4.84. The van der Waals surface area contributed by atoms with Crippen LogP contribution in [0, 0.1) is 0 Å². The van der Waals surface area contributed by atoms with E-state index >= 15 is 0 Å². The minimum absolute atomic E-state index is 0.0222. The average Bonchev–Trinajstić information content (AvgIpc) is 3.04. The summed E-state index contributed by atoms with van der Waals surface area (Å²) in [6.07, 6.45) is 4.05. The third-order valence-electron chi connectivity index (χ3n) is 4.84. The van der Waals surface area contributed by atoms with Crippen molar-refractivity contribution < 1.29 is 14.3 Å². The zero-order valence-electron chi connectivity index (χ0n) is 16.1. The van der Waals surface area contributed by atoms with Crippen molar-refractivity contribution in [3.05, 3.63) is 36.2 Å². The number of carbonyl (C=O) groups is 2. The molecule has 4 rings (SSSR count). The Kier molecular flexibility index (Phi) is 5.37. The number of likely N-dealkylation sites (N-methyl/N-ethyl adjacent to an activating group) is 1. The minimum atomic E-state index is -0.599. The highest BCUT2D eigenvalue weighted by Crippen LogP contribution is 2.36. The lowest BCUT2D eigenvalue weighted by molar-refractivity contribution is -0.121. The number of hydrogen-bond acceptors (Lipinski definition) is 7. The molecule has 2 aromatic rings. The Bertz CT molecular complexity index is 961. The van der Waals surface area contributed by atoms with Gasteiger partial charge in [-0.15, -0.1) is 0 Å². The Hall–Kier alpha value is -3.49. The number of fused-ring (bicyclic) bond motifs is 2. The molecular weight excluding hydrogens is 372 g/mol. The van der Waals surface area contributed by atoms with E-state index in [1.807, 2.05) is 30.1 Å². The Balaban J connectivity index is 1.69. The van der Waals surface area contributed by atoms with Gasteiger partial charge in [0.25, 0.3) is 0 Å². The van der Waals surface area contributed by atoms with Crippen LogP contribution in [0.1, 0.15) is 24.3 Å². The summed E-state index contributed by atoms with van der Waals surface area (Å²) in [7, 11) is 1.87. The first-order valence-electron chi connectivity index (χ1n) is 9.52. The van der Waals surface area contributed by atoms with E-state index in [2.05, 4.69) is 25.6 Å². The van der Waals surface area contributed by atoms with E-state index in [0.29, 0.717) is 61.2 Å². The standard InChI is InChI=1S/C20H22N6O3/c1-26-8-7-21-16(27)6-3-9-29-14-5-2-4-13(10-14)22-11-15-17-18(25-20(15)28)23-12-24-19(17)26/h2,4-5,10-12,15H,3,6-9H2,1H3,(H,21,27)(H,23,24,25,28). The average molecular weight is 394 g/mol. The summed E-state index contributed by atoms with van der Waals surface area (Å²) in [5.74, 6) is 0.981. The highest BCUT2D eigenvalue weighted by Gasteiger charge is 2.34. The van der Waals surface area contributed by atoms with E-state index in [0.717, 1.165) is 0 Å². The van der Waals surface area contributed by atoms with E-state index in [1.165, 1.54) is 6.33 Å². The molecule has 0 aliphatic carbocycles. The van der Waals surface area contributed by atoms with Gasteiger partial charge in [0.15, 0.2) is 0 Å². The molecule has 2 bridgehead atoms. The van der Waals surface area contributed by atoms with Gasteiger partial charge < -0.3 is 20.3 Å². The monoisotopic (exact) mass is 394 g/mol. The fraction of sp³-hybridized carbons (Fsp3) is 0.350. The summed E-state index contributed by atoms with van der Waals surface area (Å²) in [6.45, 7) is 1.45. The number of anilines is 2. The van der Waals surface area contributed by atoms with Crippen LogP contribution >= 0.6 is 0 Å². The Labute approximate surface area is 168 Å². The zero-order valence-corrected chi connectivity index (χ0v) is 16.1. The van der Waals surface area contributed by atoms with Crippen LogP contribution in [-0.4, -0.2) is 54.7 Å². The second kappa shape index (κ2) is 8.26. The van der Waals surface area contributed by atoms with Crippen LogP contribution in [0.25, 0.3) is 0 Å². The number of amides is 2. The van der Waals surface area contributed by atoms with Gasteiger partial charge in [-0.05, 0) is 18.6 Å². The van der Waals surface area contributed by atoms with Gasteiger partial charge in [0.05, 0.1) is 17.9 Å². The maximum Gasteiger partial charge on any atom is 0.238 e. The van der Waals surface area contributed by atoms with Gasteiger partial charge in [-0.3, -0.25) is 14.6 Å². The predicted molar refractivity (Wildman–Crippen MR) is 109 cm³/mol. The van der Waals surface area contributed by atoms with Gasteiger partial charge in [-0.1, -0.05) is 6.07 Å². The number of nitrogens with one attached hydrogen (secondary N) is 2. The van der Waals surface area contributed by atoms with E-state index in [-0.39, 0.29) is 11.8 Å². The molecule has 3 heterocycles. The molecule has 2 aliphatic heterocycles. The normalized spacial score (nSPS) is 19.6. The molecule has 0 spiro atoms. The molecule has 1 unspecified atom stereocenters. The molecule has 0 radical (unpaired) electrons. The number of aromatic nitrogens is 2. The van der Waals surface area contributed by atoms with Crippen molar-refractivity contribution in [1.29, 1.82) is 0 Å². The summed E-state index contributed by atoms with van der Waals surface area (Å²) >= 11 is 0. The molecule has 0 fully saturated rings. The van der Waals surface area contributed by atoms with Crippen molar-refractivity contribution in [2.75, 3.05) is 37.0 Å². The fourth-order valence-corrected chi connectivity index (χ4v) is 3.34. The van der Waals surface area contributed by atoms with Gasteiger partial charge in [-0.2, -0.15) is 0 Å². The molecule has 1 atom stereocenters. The van der Waals surface area contributed by atoms with Gasteiger partial charge >= 0.3 is 0 Å². The van der Waals surface area contributed by atoms with Crippen LogP contribution in [0.5, 0.6) is 5.75 Å². The molecule has 0 saturated carbocycles. The van der Waals surface area contributed by atoms with Crippen molar-refractivity contribution >= 4 is 35.4 Å². The highest BCUT2D eigenvalue weighted by atomic mass is 16.5. The predicted octanol–water partition coefficient (Wildman–Crippen LogP) is 1.64. The summed E-state index contributed by atoms with van der Waals surface area (Å²) in [5, 5.41) is 5.70. The van der Waals surface area contributed by atoms with Gasteiger partial charge in [-0.25, -0.2) is 9.97 Å². The number of nitrogens with zero attached hydrogens (tertiary/aromatic N) is 4. The SMILES string of the molecule is CN1CCNC(=O)CCCOc2cccc(c2)N=CC2C(=O)Nc3ncnc1c32. The van der Waals surface area contributed by atoms with Crippen molar-refractivity contribution in [1.82, 2.24) is 15.3 Å². The topological polar surface area (TPSA) is 109 Å². The lowest BCUT2D eigenvalue weighted by atomic mass is 10.0. The van der Waals surface area contributed by atoms with Crippen LogP contribution in [0.3, 0.4) is 0 Å². The van der Waals surface area contributed by atoms with Crippen molar-refractivity contribution in [2.45, 2.75) is 18.8 Å². The lowest BCUT2D eigenvalue weighted by Gasteiger charge is -2.21. The second-order valence-corrected chi connectivity index (χ2v) is 6.93. The van der Waals surface area contributed by atoms with Crippen LogP contribution in [0.15, 0.2) is 35.6 Å². The maximum absolute atomic E-state index is 12.5. The first-order valence-corrected chi connectivity index (χ1v) is 9.52. The number of carbonyl (C=O) groups excluding carboxylic acids is 2. The summed E-state index contributed by atoms with van der Waals surface area (Å²) in [6, 6.07) is 7.32. The van der Waals surface area contributed by atoms with E-state index < -0.39 is 5.92 Å². The largest absolute Gasteiger partial charge is 0.494 e. The van der Waals surface area contributed by atoms with Crippen LogP contribution in [0.4, 0.5) is 17.3 Å². The third kappa shape index (κ3) is 4.18. The second-order valence-electron chi connectivity index (χ2n) is 6.93. The smallest absolute Gasteiger partial charge is 0.238 e. The molecule has 2 N–H and O–H groups in total. The quantitative estimate of drug-likeness (QED) is 0.703. The molecule has 150 valence electrons. The molecule has 2 amide bonds. The molecule has 29 heavy (non-hydrogen) atoms. The molecule has 2 aliphatic rings. The number of hydrogen-bond donors (Lipinski definition) is 2. The van der Waals surface area contributed by atoms with E-state index in [1.54, 1.807) is 12.3 Å². The van der Waals surface area contributed by atoms with Gasteiger partial charge in [0, 0.05) is 38.8 Å². The van der Waals surface area contributed by atoms with Gasteiger partial charge in [0.2, 0.25) is 11.8 Å². The molecule has 9 heteroatoms. The Morgan fingerprint density at radius 2 is 2.14 bits per heavy atom. The minimum Gasteiger partial charge on any atom is -0.494 e. The maximum atomic E-state index is 12.5.